The Morgan fingerprint density at radius 3 is 2.55 bits per heavy atom. The molecular weight excluding hydrogens is 407 g/mol. The second-order valence-corrected chi connectivity index (χ2v) is 7.25. The number of alkyl halides is 3. The van der Waals surface area contributed by atoms with Crippen molar-refractivity contribution in [1.29, 1.82) is 0 Å². The number of amides is 1. The second-order valence-electron chi connectivity index (χ2n) is 6.81. The second kappa shape index (κ2) is 8.92. The first-order chi connectivity index (χ1) is 13.7. The summed E-state index contributed by atoms with van der Waals surface area (Å²) in [6, 6.07) is 9.66. The number of carbonyl (C=O) groups is 1. The summed E-state index contributed by atoms with van der Waals surface area (Å²) in [7, 11) is 2.05. The molecule has 0 aromatic heterocycles. The molecule has 1 amide bonds. The quantitative estimate of drug-likeness (QED) is 0.779. The number of nitrogens with zero attached hydrogens (tertiary/aromatic N) is 2. The van der Waals surface area contributed by atoms with Crippen LogP contribution in [0.2, 0.25) is 5.02 Å². The molecule has 0 unspecified atom stereocenters. The van der Waals surface area contributed by atoms with Gasteiger partial charge in [0.05, 0.1) is 16.9 Å². The fourth-order valence-corrected chi connectivity index (χ4v) is 3.20. The van der Waals surface area contributed by atoms with Gasteiger partial charge in [0.25, 0.3) is 5.91 Å². The fourth-order valence-electron chi connectivity index (χ4n) is 3.03. The monoisotopic (exact) mass is 427 g/mol. The molecule has 1 aliphatic heterocycles. The Hall–Kier alpha value is -2.45. The summed E-state index contributed by atoms with van der Waals surface area (Å²) in [4.78, 5) is 16.7. The van der Waals surface area contributed by atoms with E-state index in [9.17, 15) is 18.0 Å². The Labute approximate surface area is 172 Å². The number of carbonyl (C=O) groups excluding carboxylic acids is 1. The molecular formula is C20H21ClF3N3O2. The molecule has 3 rings (SSSR count). The lowest BCUT2D eigenvalue weighted by Crippen LogP contribution is -2.44. The van der Waals surface area contributed by atoms with Crippen LogP contribution in [0.5, 0.6) is 5.75 Å². The molecule has 0 bridgehead atoms. The Kier molecular flexibility index (Phi) is 6.54. The van der Waals surface area contributed by atoms with Gasteiger partial charge in [0.1, 0.15) is 5.75 Å². The normalized spacial score (nSPS) is 15.3. The number of hydrogen-bond acceptors (Lipinski definition) is 4. The van der Waals surface area contributed by atoms with E-state index < -0.39 is 24.3 Å². The molecule has 1 N–H and O–H groups in total. The first kappa shape index (κ1) is 21.3. The van der Waals surface area contributed by atoms with Crippen LogP contribution in [-0.4, -0.2) is 50.6 Å². The highest BCUT2D eigenvalue weighted by Crippen LogP contribution is 2.32. The lowest BCUT2D eigenvalue weighted by Gasteiger charge is -2.35. The van der Waals surface area contributed by atoms with Gasteiger partial charge in [-0.2, -0.15) is 13.2 Å². The molecule has 0 atom stereocenters. The van der Waals surface area contributed by atoms with Crippen molar-refractivity contribution >= 4 is 28.9 Å². The van der Waals surface area contributed by atoms with E-state index in [4.69, 9.17) is 16.3 Å². The van der Waals surface area contributed by atoms with E-state index in [1.807, 2.05) is 13.1 Å². The van der Waals surface area contributed by atoms with Gasteiger partial charge < -0.3 is 19.9 Å². The van der Waals surface area contributed by atoms with Crippen LogP contribution < -0.4 is 15.0 Å². The van der Waals surface area contributed by atoms with Crippen LogP contribution in [0.4, 0.5) is 24.5 Å². The summed E-state index contributed by atoms with van der Waals surface area (Å²) in [5.74, 6) is -0.514. The van der Waals surface area contributed by atoms with E-state index in [1.165, 1.54) is 12.1 Å². The topological polar surface area (TPSA) is 44.8 Å². The lowest BCUT2D eigenvalue weighted by molar-refractivity contribution is -0.137. The Balaban J connectivity index is 1.66. The van der Waals surface area contributed by atoms with Crippen LogP contribution in [0.25, 0.3) is 0 Å². The van der Waals surface area contributed by atoms with Crippen molar-refractivity contribution in [3.05, 3.63) is 53.1 Å². The highest BCUT2D eigenvalue weighted by molar-refractivity contribution is 6.31. The number of likely N-dealkylation sites (N-methyl/N-ethyl adjacent to an activating group) is 1. The minimum absolute atomic E-state index is 0.0274. The molecule has 1 saturated heterocycles. The van der Waals surface area contributed by atoms with Crippen LogP contribution >= 0.6 is 11.6 Å². The van der Waals surface area contributed by atoms with Crippen LogP contribution in [0.3, 0.4) is 0 Å². The summed E-state index contributed by atoms with van der Waals surface area (Å²) in [6.45, 7) is 2.99. The Morgan fingerprint density at radius 1 is 1.14 bits per heavy atom. The molecule has 0 radical (unpaired) electrons. The zero-order chi connectivity index (χ0) is 21.0. The number of halogens is 4. The molecule has 0 spiro atoms. The SMILES string of the molecule is CN1CCN(c2ccc(Cl)cc2NC(=O)COc2cccc(C(F)(F)F)c2)CC1. The molecule has 1 aliphatic rings. The van der Waals surface area contributed by atoms with E-state index in [1.54, 1.807) is 12.1 Å². The van der Waals surface area contributed by atoms with Gasteiger partial charge in [-0.25, -0.2) is 0 Å². The molecule has 2 aromatic rings. The van der Waals surface area contributed by atoms with E-state index >= 15 is 0 Å². The third-order valence-electron chi connectivity index (χ3n) is 4.61. The first-order valence-electron chi connectivity index (χ1n) is 9.05. The highest BCUT2D eigenvalue weighted by atomic mass is 35.5. The average Bonchev–Trinajstić information content (AvgIpc) is 2.67. The maximum atomic E-state index is 12.8. The number of rotatable bonds is 5. The van der Waals surface area contributed by atoms with E-state index in [-0.39, 0.29) is 5.75 Å². The smallest absolute Gasteiger partial charge is 0.416 e. The minimum atomic E-state index is -4.47. The molecule has 1 fully saturated rings. The van der Waals surface area contributed by atoms with Gasteiger partial charge in [0, 0.05) is 31.2 Å². The molecule has 0 aliphatic carbocycles. The number of nitrogens with one attached hydrogen (secondary N) is 1. The van der Waals surface area contributed by atoms with Crippen molar-refractivity contribution < 1.29 is 22.7 Å². The van der Waals surface area contributed by atoms with Crippen molar-refractivity contribution in [1.82, 2.24) is 4.90 Å². The van der Waals surface area contributed by atoms with Gasteiger partial charge in [-0.3, -0.25) is 4.79 Å². The van der Waals surface area contributed by atoms with Crippen molar-refractivity contribution in [3.63, 3.8) is 0 Å². The van der Waals surface area contributed by atoms with E-state index in [0.717, 1.165) is 44.0 Å². The average molecular weight is 428 g/mol. The third kappa shape index (κ3) is 5.77. The predicted octanol–water partition coefficient (Wildman–Crippen LogP) is 4.13. The van der Waals surface area contributed by atoms with Crippen molar-refractivity contribution in [2.45, 2.75) is 6.18 Å². The summed E-state index contributed by atoms with van der Waals surface area (Å²) < 4.78 is 43.6. The van der Waals surface area contributed by atoms with Gasteiger partial charge in [-0.1, -0.05) is 17.7 Å². The van der Waals surface area contributed by atoms with Crippen LogP contribution in [0.1, 0.15) is 5.56 Å². The maximum Gasteiger partial charge on any atom is 0.416 e. The largest absolute Gasteiger partial charge is 0.484 e. The van der Waals surface area contributed by atoms with E-state index in [2.05, 4.69) is 15.1 Å². The number of anilines is 2. The van der Waals surface area contributed by atoms with Gasteiger partial charge in [-0.05, 0) is 43.4 Å². The summed E-state index contributed by atoms with van der Waals surface area (Å²) in [5, 5.41) is 3.22. The molecule has 29 heavy (non-hydrogen) atoms. The molecule has 5 nitrogen and oxygen atoms in total. The molecule has 9 heteroatoms. The zero-order valence-corrected chi connectivity index (χ0v) is 16.6. The third-order valence-corrected chi connectivity index (χ3v) is 4.84. The van der Waals surface area contributed by atoms with Crippen LogP contribution in [0.15, 0.2) is 42.5 Å². The van der Waals surface area contributed by atoms with Crippen molar-refractivity contribution in [2.75, 3.05) is 50.1 Å². The lowest BCUT2D eigenvalue weighted by atomic mass is 10.2. The van der Waals surface area contributed by atoms with Gasteiger partial charge in [0.15, 0.2) is 6.61 Å². The number of ether oxygens (including phenoxy) is 1. The first-order valence-corrected chi connectivity index (χ1v) is 9.43. The highest BCUT2D eigenvalue weighted by Gasteiger charge is 2.30. The number of piperazine rings is 1. The minimum Gasteiger partial charge on any atom is -0.484 e. The zero-order valence-electron chi connectivity index (χ0n) is 15.8. The molecule has 156 valence electrons. The maximum absolute atomic E-state index is 12.8. The van der Waals surface area contributed by atoms with Crippen molar-refractivity contribution in [2.24, 2.45) is 0 Å². The number of hydrogen-bond donors (Lipinski definition) is 1. The summed E-state index contributed by atoms with van der Waals surface area (Å²) in [6.07, 6.45) is -4.47. The Bertz CT molecular complexity index is 868. The standard InChI is InChI=1S/C20H21ClF3N3O2/c1-26-7-9-27(10-8-26)18-6-5-15(21)12-17(18)25-19(28)13-29-16-4-2-3-14(11-16)20(22,23)24/h2-6,11-12H,7-10,13H2,1H3,(H,25,28). The van der Waals surface area contributed by atoms with Gasteiger partial charge in [-0.15, -0.1) is 0 Å². The number of benzene rings is 2. The van der Waals surface area contributed by atoms with Crippen LogP contribution in [-0.2, 0) is 11.0 Å². The van der Waals surface area contributed by atoms with Crippen LogP contribution in [0, 0.1) is 0 Å². The summed E-state index contributed by atoms with van der Waals surface area (Å²) in [5.41, 5.74) is 0.553. The van der Waals surface area contributed by atoms with Crippen molar-refractivity contribution in [3.8, 4) is 5.75 Å². The van der Waals surface area contributed by atoms with Gasteiger partial charge in [0.2, 0.25) is 0 Å². The van der Waals surface area contributed by atoms with Gasteiger partial charge >= 0.3 is 6.18 Å². The van der Waals surface area contributed by atoms with E-state index in [0.29, 0.717) is 10.7 Å². The fraction of sp³-hybridized carbons (Fsp3) is 0.350. The Morgan fingerprint density at radius 2 is 1.86 bits per heavy atom. The summed E-state index contributed by atoms with van der Waals surface area (Å²) >= 11 is 6.08. The predicted molar refractivity (Wildman–Crippen MR) is 107 cm³/mol. The molecule has 1 heterocycles. The molecule has 0 saturated carbocycles. The molecule has 2 aromatic carbocycles.